The van der Waals surface area contributed by atoms with Crippen molar-refractivity contribution in [1.29, 1.82) is 0 Å². The van der Waals surface area contributed by atoms with E-state index >= 15 is 0 Å². The molecule has 9 nitrogen and oxygen atoms in total. The molecule has 0 aliphatic rings. The third kappa shape index (κ3) is 3.64. The van der Waals surface area contributed by atoms with Gasteiger partial charge in [-0.25, -0.2) is 8.78 Å². The zero-order valence-corrected chi connectivity index (χ0v) is 14.8. The maximum atomic E-state index is 14.5. The Kier molecular flexibility index (Phi) is 4.77. The summed E-state index contributed by atoms with van der Waals surface area (Å²) in [6.45, 7) is -0.398. The smallest absolute Gasteiger partial charge is 0.314 e. The Morgan fingerprint density at radius 2 is 1.77 bits per heavy atom. The number of hydrogen-bond acceptors (Lipinski definition) is 8. The van der Waals surface area contributed by atoms with Crippen molar-refractivity contribution in [3.8, 4) is 28.6 Å². The Hall–Kier alpha value is -4.03. The number of phenols is 1. The molecule has 0 saturated carbocycles. The Balaban J connectivity index is 1.59. The number of tetrazole rings is 1. The first-order chi connectivity index (χ1) is 14.3. The normalized spacial score (nSPS) is 11.4. The lowest BCUT2D eigenvalue weighted by atomic mass is 10.1. The van der Waals surface area contributed by atoms with Crippen LogP contribution in [0, 0.1) is 11.6 Å². The summed E-state index contributed by atoms with van der Waals surface area (Å²) in [5.41, 5.74) is 5.58. The number of phenolic OH excluding ortho intramolecular Hbond substituents is 1. The van der Waals surface area contributed by atoms with Crippen molar-refractivity contribution in [2.45, 2.75) is 13.0 Å². The number of alkyl halides is 2. The number of benzene rings is 2. The second-order valence-electron chi connectivity index (χ2n) is 6.08. The number of aromatic hydroxyl groups is 1. The number of nitrogens with two attached hydrogens (primary N) is 1. The van der Waals surface area contributed by atoms with Crippen molar-refractivity contribution in [2.75, 3.05) is 5.73 Å². The molecule has 0 bridgehead atoms. The van der Waals surface area contributed by atoms with E-state index in [2.05, 4.69) is 25.6 Å². The summed E-state index contributed by atoms with van der Waals surface area (Å²) < 4.78 is 58.7. The lowest BCUT2D eigenvalue weighted by Gasteiger charge is -2.05. The summed E-state index contributed by atoms with van der Waals surface area (Å²) in [4.78, 5) is 0.959. The highest BCUT2D eigenvalue weighted by molar-refractivity contribution is 5.65. The average molecular weight is 421 g/mol. The molecule has 0 saturated heterocycles. The number of aromatic nitrogens is 6. The van der Waals surface area contributed by atoms with Gasteiger partial charge in [-0.3, -0.25) is 0 Å². The minimum atomic E-state index is -3.00. The van der Waals surface area contributed by atoms with Gasteiger partial charge in [-0.2, -0.15) is 13.6 Å². The largest absolute Gasteiger partial charge is 0.506 e. The predicted molar refractivity (Wildman–Crippen MR) is 93.0 cm³/mol. The third-order valence-corrected chi connectivity index (χ3v) is 4.05. The zero-order chi connectivity index (χ0) is 21.4. The van der Waals surface area contributed by atoms with E-state index in [1.165, 1.54) is 18.2 Å². The van der Waals surface area contributed by atoms with Crippen LogP contribution in [0.15, 0.2) is 34.7 Å². The Morgan fingerprint density at radius 3 is 2.40 bits per heavy atom. The molecular weight excluding hydrogens is 410 g/mol. The summed E-state index contributed by atoms with van der Waals surface area (Å²) in [6.07, 6.45) is -3.00. The minimum Gasteiger partial charge on any atom is -0.506 e. The number of anilines is 1. The van der Waals surface area contributed by atoms with Crippen LogP contribution in [-0.4, -0.2) is 35.5 Å². The molecule has 0 atom stereocenters. The van der Waals surface area contributed by atoms with E-state index in [0.29, 0.717) is 5.56 Å². The SMILES string of the molecule is Nc1cc(-c2nnn(Cc3c(F)cc(-c4nnc(C(F)F)o4)cc3F)n2)ccc1O. The predicted octanol–water partition coefficient (Wildman–Crippen LogP) is 2.94. The molecule has 0 radical (unpaired) electrons. The van der Waals surface area contributed by atoms with E-state index in [-0.39, 0.29) is 28.4 Å². The first-order valence-electron chi connectivity index (χ1n) is 8.28. The second kappa shape index (κ2) is 7.42. The van der Waals surface area contributed by atoms with Gasteiger partial charge in [-0.15, -0.1) is 20.4 Å². The fraction of sp³-hybridized carbons (Fsp3) is 0.118. The first kappa shape index (κ1) is 19.3. The summed E-state index contributed by atoms with van der Waals surface area (Å²) in [5.74, 6) is -3.37. The van der Waals surface area contributed by atoms with Crippen molar-refractivity contribution < 1.29 is 27.1 Å². The topological polar surface area (TPSA) is 129 Å². The quantitative estimate of drug-likeness (QED) is 0.286. The van der Waals surface area contributed by atoms with Gasteiger partial charge in [0.15, 0.2) is 0 Å². The number of halogens is 4. The molecule has 0 fully saturated rings. The highest BCUT2D eigenvalue weighted by atomic mass is 19.3. The van der Waals surface area contributed by atoms with Gasteiger partial charge in [0.05, 0.1) is 12.2 Å². The fourth-order valence-electron chi connectivity index (χ4n) is 2.58. The molecule has 2 heterocycles. The summed E-state index contributed by atoms with van der Waals surface area (Å²) >= 11 is 0. The van der Waals surface area contributed by atoms with Gasteiger partial charge in [0.1, 0.15) is 17.4 Å². The highest BCUT2D eigenvalue weighted by Gasteiger charge is 2.20. The summed E-state index contributed by atoms with van der Waals surface area (Å²) in [7, 11) is 0. The highest BCUT2D eigenvalue weighted by Crippen LogP contribution is 2.27. The monoisotopic (exact) mass is 421 g/mol. The molecule has 0 spiro atoms. The van der Waals surface area contributed by atoms with Crippen LogP contribution in [0.2, 0.25) is 0 Å². The van der Waals surface area contributed by atoms with E-state index in [1.807, 2.05) is 0 Å². The van der Waals surface area contributed by atoms with Gasteiger partial charge in [-0.05, 0) is 35.5 Å². The minimum absolute atomic E-state index is 0.104. The van der Waals surface area contributed by atoms with Crippen LogP contribution in [0.25, 0.3) is 22.8 Å². The van der Waals surface area contributed by atoms with Gasteiger partial charge in [0.2, 0.25) is 11.7 Å². The molecule has 154 valence electrons. The second-order valence-corrected chi connectivity index (χ2v) is 6.08. The lowest BCUT2D eigenvalue weighted by Crippen LogP contribution is -2.08. The van der Waals surface area contributed by atoms with E-state index in [4.69, 9.17) is 10.2 Å². The zero-order valence-electron chi connectivity index (χ0n) is 14.8. The van der Waals surface area contributed by atoms with Gasteiger partial charge < -0.3 is 15.3 Å². The van der Waals surface area contributed by atoms with Crippen molar-refractivity contribution >= 4 is 5.69 Å². The third-order valence-electron chi connectivity index (χ3n) is 4.05. The first-order valence-corrected chi connectivity index (χ1v) is 8.28. The van der Waals surface area contributed by atoms with Gasteiger partial charge in [0.25, 0.3) is 5.89 Å². The van der Waals surface area contributed by atoms with Crippen molar-refractivity contribution in [1.82, 2.24) is 30.4 Å². The Bertz CT molecular complexity index is 1200. The Labute approximate surface area is 164 Å². The number of nitrogens with zero attached hydrogens (tertiary/aromatic N) is 6. The molecular formula is C17H11F4N7O2. The molecule has 2 aromatic carbocycles. The van der Waals surface area contributed by atoms with Gasteiger partial charge >= 0.3 is 6.43 Å². The fourth-order valence-corrected chi connectivity index (χ4v) is 2.58. The molecule has 0 aliphatic carbocycles. The average Bonchev–Trinajstić information content (AvgIpc) is 3.36. The van der Waals surface area contributed by atoms with Crippen molar-refractivity contribution in [2.24, 2.45) is 0 Å². The molecule has 0 amide bonds. The van der Waals surface area contributed by atoms with Crippen LogP contribution in [0.3, 0.4) is 0 Å². The Morgan fingerprint density at radius 1 is 1.03 bits per heavy atom. The molecule has 0 aliphatic heterocycles. The van der Waals surface area contributed by atoms with Crippen LogP contribution >= 0.6 is 0 Å². The number of rotatable bonds is 5. The molecule has 4 rings (SSSR count). The van der Waals surface area contributed by atoms with Crippen LogP contribution in [0.5, 0.6) is 5.75 Å². The van der Waals surface area contributed by atoms with Gasteiger partial charge in [-0.1, -0.05) is 0 Å². The van der Waals surface area contributed by atoms with E-state index in [0.717, 1.165) is 16.9 Å². The molecule has 13 heteroatoms. The van der Waals surface area contributed by atoms with Crippen LogP contribution in [0.4, 0.5) is 23.2 Å². The van der Waals surface area contributed by atoms with Crippen molar-refractivity contribution in [3.63, 3.8) is 0 Å². The maximum absolute atomic E-state index is 14.5. The standard InChI is InChI=1S/C17H11F4N7O2/c18-10-3-8(16-24-25-17(30-16)14(20)21)4-11(19)9(10)6-28-26-15(23-27-28)7-1-2-13(29)12(22)5-7/h1-5,14,29H,6,22H2. The van der Waals surface area contributed by atoms with Crippen LogP contribution in [0.1, 0.15) is 17.9 Å². The van der Waals surface area contributed by atoms with E-state index < -0.39 is 36.4 Å². The summed E-state index contributed by atoms with van der Waals surface area (Å²) in [6, 6.07) is 6.02. The van der Waals surface area contributed by atoms with Crippen LogP contribution in [-0.2, 0) is 6.54 Å². The van der Waals surface area contributed by atoms with E-state index in [9.17, 15) is 22.7 Å². The van der Waals surface area contributed by atoms with E-state index in [1.54, 1.807) is 0 Å². The van der Waals surface area contributed by atoms with Crippen LogP contribution < -0.4 is 5.73 Å². The molecule has 0 unspecified atom stereocenters. The molecule has 2 aromatic heterocycles. The molecule has 30 heavy (non-hydrogen) atoms. The molecule has 4 aromatic rings. The van der Waals surface area contributed by atoms with Gasteiger partial charge in [0, 0.05) is 16.7 Å². The summed E-state index contributed by atoms with van der Waals surface area (Å²) in [5, 5.41) is 27.5. The molecule has 3 N–H and O–H groups in total. The van der Waals surface area contributed by atoms with Crippen molar-refractivity contribution in [3.05, 3.63) is 53.4 Å². The maximum Gasteiger partial charge on any atom is 0.314 e. The number of hydrogen-bond donors (Lipinski definition) is 2. The lowest BCUT2D eigenvalue weighted by molar-refractivity contribution is 0.116. The number of nitrogen functional groups attached to an aromatic ring is 1.